The highest BCUT2D eigenvalue weighted by atomic mass is 32.2. The molecular formula is C19H18N2O5S. The first-order valence-corrected chi connectivity index (χ1v) is 9.45. The van der Waals surface area contributed by atoms with Crippen LogP contribution in [0.15, 0.2) is 47.4 Å². The molecule has 0 fully saturated rings. The summed E-state index contributed by atoms with van der Waals surface area (Å²) >= 11 is 1.00. The summed E-state index contributed by atoms with van der Waals surface area (Å²) in [5.74, 6) is -1.14. The van der Waals surface area contributed by atoms with Crippen LogP contribution in [-0.4, -0.2) is 29.2 Å². The second-order valence-corrected chi connectivity index (χ2v) is 7.08. The van der Waals surface area contributed by atoms with Gasteiger partial charge < -0.3 is 10.1 Å². The highest BCUT2D eigenvalue weighted by molar-refractivity contribution is 8.00. The summed E-state index contributed by atoms with van der Waals surface area (Å²) in [4.78, 5) is 34.6. The summed E-state index contributed by atoms with van der Waals surface area (Å²) in [6.45, 7) is -0.395. The van der Waals surface area contributed by atoms with E-state index >= 15 is 0 Å². The summed E-state index contributed by atoms with van der Waals surface area (Å²) in [6.07, 6.45) is 3.21. The first kappa shape index (κ1) is 18.9. The molecule has 0 spiro atoms. The highest BCUT2D eigenvalue weighted by Crippen LogP contribution is 2.28. The third-order valence-electron chi connectivity index (χ3n) is 4.15. The number of amides is 1. The van der Waals surface area contributed by atoms with Crippen molar-refractivity contribution >= 4 is 35.0 Å². The minimum Gasteiger partial charge on any atom is -0.455 e. The number of nitrogens with one attached hydrogen (secondary N) is 1. The molecule has 7 nitrogen and oxygen atoms in total. The normalized spacial score (nSPS) is 12.3. The van der Waals surface area contributed by atoms with Gasteiger partial charge in [-0.2, -0.15) is 0 Å². The molecule has 0 atom stereocenters. The maximum absolute atomic E-state index is 12.0. The van der Waals surface area contributed by atoms with E-state index in [1.165, 1.54) is 17.2 Å². The van der Waals surface area contributed by atoms with Crippen LogP contribution in [0.3, 0.4) is 0 Å². The molecule has 1 aliphatic carbocycles. The Morgan fingerprint density at radius 1 is 1.15 bits per heavy atom. The molecule has 0 aromatic heterocycles. The van der Waals surface area contributed by atoms with Crippen LogP contribution in [0.2, 0.25) is 0 Å². The van der Waals surface area contributed by atoms with Crippen molar-refractivity contribution in [3.05, 3.63) is 63.7 Å². The molecule has 0 bridgehead atoms. The summed E-state index contributed by atoms with van der Waals surface area (Å²) in [7, 11) is 0. The van der Waals surface area contributed by atoms with Crippen LogP contribution in [0.5, 0.6) is 0 Å². The number of aryl methyl sites for hydroxylation is 2. The lowest BCUT2D eigenvalue weighted by Gasteiger charge is -2.08. The standard InChI is InChI=1S/C19H18N2O5S/c22-18(20-15-9-8-13-4-3-5-14(13)10-15)11-26-19(23)12-27-17-7-2-1-6-16(17)21(24)25/h1-2,6-10H,3-5,11-12H2,(H,20,22). The van der Waals surface area contributed by atoms with Crippen molar-refractivity contribution in [3.63, 3.8) is 0 Å². The zero-order chi connectivity index (χ0) is 19.2. The number of hydrogen-bond acceptors (Lipinski definition) is 6. The Morgan fingerprint density at radius 3 is 2.74 bits per heavy atom. The second-order valence-electron chi connectivity index (χ2n) is 6.06. The van der Waals surface area contributed by atoms with Gasteiger partial charge in [-0.1, -0.05) is 18.2 Å². The van der Waals surface area contributed by atoms with Crippen molar-refractivity contribution in [1.29, 1.82) is 0 Å². The predicted octanol–water partition coefficient (Wildman–Crippen LogP) is 3.36. The number of nitrogens with zero attached hydrogens (tertiary/aromatic N) is 1. The molecule has 0 heterocycles. The van der Waals surface area contributed by atoms with E-state index in [0.29, 0.717) is 10.6 Å². The number of rotatable bonds is 7. The van der Waals surface area contributed by atoms with E-state index < -0.39 is 23.4 Å². The maximum atomic E-state index is 12.0. The Balaban J connectivity index is 1.45. The monoisotopic (exact) mass is 386 g/mol. The number of hydrogen-bond donors (Lipinski definition) is 1. The van der Waals surface area contributed by atoms with E-state index in [4.69, 9.17) is 4.74 Å². The molecule has 0 saturated heterocycles. The molecule has 1 N–H and O–H groups in total. The van der Waals surface area contributed by atoms with Crippen molar-refractivity contribution in [3.8, 4) is 0 Å². The Hall–Kier alpha value is -2.87. The van der Waals surface area contributed by atoms with Gasteiger partial charge >= 0.3 is 5.97 Å². The van der Waals surface area contributed by atoms with Crippen LogP contribution in [0.4, 0.5) is 11.4 Å². The Kier molecular flexibility index (Phi) is 6.08. The van der Waals surface area contributed by atoms with E-state index in [9.17, 15) is 19.7 Å². The fourth-order valence-corrected chi connectivity index (χ4v) is 3.72. The lowest BCUT2D eigenvalue weighted by Crippen LogP contribution is -2.21. The second kappa shape index (κ2) is 8.68. The number of benzene rings is 2. The quantitative estimate of drug-likeness (QED) is 0.339. The van der Waals surface area contributed by atoms with Crippen molar-refractivity contribution in [1.82, 2.24) is 0 Å². The van der Waals surface area contributed by atoms with Gasteiger partial charge in [0.15, 0.2) is 6.61 Å². The Labute approximate surface area is 160 Å². The molecule has 27 heavy (non-hydrogen) atoms. The van der Waals surface area contributed by atoms with Crippen LogP contribution in [-0.2, 0) is 27.2 Å². The van der Waals surface area contributed by atoms with Crippen molar-refractivity contribution < 1.29 is 19.2 Å². The number of ether oxygens (including phenoxy) is 1. The first-order chi connectivity index (χ1) is 13.0. The van der Waals surface area contributed by atoms with Gasteiger partial charge in [0.25, 0.3) is 11.6 Å². The molecule has 3 rings (SSSR count). The number of esters is 1. The number of fused-ring (bicyclic) bond motifs is 1. The number of nitro benzene ring substituents is 1. The van der Waals surface area contributed by atoms with E-state index in [1.54, 1.807) is 18.2 Å². The minimum absolute atomic E-state index is 0.0651. The first-order valence-electron chi connectivity index (χ1n) is 8.46. The van der Waals surface area contributed by atoms with Crippen molar-refractivity contribution in [2.24, 2.45) is 0 Å². The Bertz CT molecular complexity index is 884. The molecule has 0 saturated carbocycles. The van der Waals surface area contributed by atoms with Gasteiger partial charge in [-0.25, -0.2) is 0 Å². The van der Waals surface area contributed by atoms with Crippen LogP contribution in [0.25, 0.3) is 0 Å². The fraction of sp³-hybridized carbons (Fsp3) is 0.263. The molecule has 1 aliphatic rings. The van der Waals surface area contributed by atoms with Gasteiger partial charge in [-0.05, 0) is 48.6 Å². The summed E-state index contributed by atoms with van der Waals surface area (Å²) < 4.78 is 4.95. The molecular weight excluding hydrogens is 368 g/mol. The average Bonchev–Trinajstić information content (AvgIpc) is 3.12. The summed E-state index contributed by atoms with van der Waals surface area (Å²) in [5.41, 5.74) is 3.17. The molecule has 0 radical (unpaired) electrons. The largest absolute Gasteiger partial charge is 0.455 e. The highest BCUT2D eigenvalue weighted by Gasteiger charge is 2.16. The van der Waals surface area contributed by atoms with E-state index in [1.807, 2.05) is 18.2 Å². The predicted molar refractivity (Wildman–Crippen MR) is 102 cm³/mol. The topological polar surface area (TPSA) is 98.5 Å². The van der Waals surface area contributed by atoms with Crippen LogP contribution < -0.4 is 5.32 Å². The number of thioether (sulfide) groups is 1. The van der Waals surface area contributed by atoms with Gasteiger partial charge in [-0.3, -0.25) is 19.7 Å². The van der Waals surface area contributed by atoms with E-state index in [-0.39, 0.29) is 11.4 Å². The molecule has 2 aromatic rings. The number of carbonyl (C=O) groups excluding carboxylic acids is 2. The molecule has 1 amide bonds. The third kappa shape index (κ3) is 5.07. The van der Waals surface area contributed by atoms with Gasteiger partial charge in [0, 0.05) is 11.8 Å². The van der Waals surface area contributed by atoms with Gasteiger partial charge in [0.1, 0.15) is 0 Å². The van der Waals surface area contributed by atoms with Gasteiger partial charge in [0.05, 0.1) is 15.6 Å². The number of anilines is 1. The number of carbonyl (C=O) groups is 2. The molecule has 8 heteroatoms. The third-order valence-corrected chi connectivity index (χ3v) is 5.19. The molecule has 2 aromatic carbocycles. The average molecular weight is 386 g/mol. The molecule has 140 valence electrons. The van der Waals surface area contributed by atoms with E-state index in [0.717, 1.165) is 31.0 Å². The minimum atomic E-state index is -0.609. The van der Waals surface area contributed by atoms with E-state index in [2.05, 4.69) is 5.32 Å². The lowest BCUT2D eigenvalue weighted by atomic mass is 10.1. The summed E-state index contributed by atoms with van der Waals surface area (Å²) in [6, 6.07) is 12.0. The van der Waals surface area contributed by atoms with Crippen LogP contribution in [0.1, 0.15) is 17.5 Å². The maximum Gasteiger partial charge on any atom is 0.316 e. The van der Waals surface area contributed by atoms with Gasteiger partial charge in [-0.15, -0.1) is 11.8 Å². The zero-order valence-electron chi connectivity index (χ0n) is 14.5. The summed E-state index contributed by atoms with van der Waals surface area (Å²) in [5, 5.41) is 13.7. The van der Waals surface area contributed by atoms with Crippen LogP contribution in [0, 0.1) is 10.1 Å². The SMILES string of the molecule is O=C(COC(=O)CSc1ccccc1[N+](=O)[O-])Nc1ccc2c(c1)CCC2. The van der Waals surface area contributed by atoms with Crippen LogP contribution >= 0.6 is 11.8 Å². The van der Waals surface area contributed by atoms with Crippen molar-refractivity contribution in [2.45, 2.75) is 24.2 Å². The van der Waals surface area contributed by atoms with Gasteiger partial charge in [0.2, 0.25) is 0 Å². The Morgan fingerprint density at radius 2 is 1.93 bits per heavy atom. The molecule has 0 aliphatic heterocycles. The zero-order valence-corrected chi connectivity index (χ0v) is 15.3. The number of nitro groups is 1. The van der Waals surface area contributed by atoms with Crippen molar-refractivity contribution in [2.75, 3.05) is 17.7 Å². The molecule has 0 unspecified atom stereocenters. The number of para-hydroxylation sites is 1. The lowest BCUT2D eigenvalue weighted by molar-refractivity contribution is -0.387. The fourth-order valence-electron chi connectivity index (χ4n) is 2.90. The smallest absolute Gasteiger partial charge is 0.316 e.